The van der Waals surface area contributed by atoms with Crippen LogP contribution in [0, 0.1) is 5.82 Å². The van der Waals surface area contributed by atoms with Crippen molar-refractivity contribution in [1.29, 1.82) is 0 Å². The Hall–Kier alpha value is -3.20. The topological polar surface area (TPSA) is 47.4 Å². The van der Waals surface area contributed by atoms with Gasteiger partial charge in [0.1, 0.15) is 18.2 Å². The number of amides is 1. The number of nitrogens with zero attached hydrogens (tertiary/aromatic N) is 3. The molecule has 0 aliphatic carbocycles. The highest BCUT2D eigenvalue weighted by atomic mass is 19.4. The maximum absolute atomic E-state index is 13.3. The molecule has 0 bridgehead atoms. The fourth-order valence-electron chi connectivity index (χ4n) is 4.19. The van der Waals surface area contributed by atoms with Crippen molar-refractivity contribution in [2.45, 2.75) is 31.7 Å². The number of carbonyl (C=O) groups excluding carboxylic acids is 1. The van der Waals surface area contributed by atoms with Gasteiger partial charge >= 0.3 is 6.18 Å². The molecule has 0 unspecified atom stereocenters. The van der Waals surface area contributed by atoms with E-state index < -0.39 is 11.7 Å². The number of methoxy groups -OCH3 is 1. The van der Waals surface area contributed by atoms with Gasteiger partial charge in [-0.1, -0.05) is 12.1 Å². The number of piperidine rings is 1. The Morgan fingerprint density at radius 2 is 1.94 bits per heavy atom. The average Bonchev–Trinajstić information content (AvgIpc) is 3.14. The standard InChI is InChI=1S/C24H23F4N3O2/c1-33-15-22-29-20-14-17(24(26,27)28)6-7-21(20)31(22)19-9-11-30(12-10-19)23(32)8-5-16-3-2-4-18(25)13-16/h2-8,13-14,19H,9-12,15H2,1H3. The Kier molecular flexibility index (Phi) is 6.51. The monoisotopic (exact) mass is 461 g/mol. The third-order valence-electron chi connectivity index (χ3n) is 5.77. The maximum Gasteiger partial charge on any atom is 0.416 e. The summed E-state index contributed by atoms with van der Waals surface area (Å²) >= 11 is 0. The van der Waals surface area contributed by atoms with Crippen LogP contribution >= 0.6 is 0 Å². The summed E-state index contributed by atoms with van der Waals surface area (Å²) < 4.78 is 59.8. The molecule has 2 heterocycles. The van der Waals surface area contributed by atoms with Gasteiger partial charge in [0.2, 0.25) is 5.91 Å². The van der Waals surface area contributed by atoms with Gasteiger partial charge in [-0.05, 0) is 54.8 Å². The van der Waals surface area contributed by atoms with Crippen LogP contribution in [0.3, 0.4) is 0 Å². The Morgan fingerprint density at radius 3 is 2.61 bits per heavy atom. The van der Waals surface area contributed by atoms with E-state index >= 15 is 0 Å². The Bertz CT molecular complexity index is 1180. The zero-order valence-electron chi connectivity index (χ0n) is 18.0. The van der Waals surface area contributed by atoms with Crippen LogP contribution in [0.5, 0.6) is 0 Å². The molecule has 0 saturated carbocycles. The number of rotatable bonds is 5. The van der Waals surface area contributed by atoms with Crippen LogP contribution < -0.4 is 0 Å². The molecule has 1 aliphatic rings. The first-order chi connectivity index (χ1) is 15.8. The van der Waals surface area contributed by atoms with E-state index in [1.165, 1.54) is 31.4 Å². The van der Waals surface area contributed by atoms with Gasteiger partial charge in [0.05, 0.1) is 16.6 Å². The van der Waals surface area contributed by atoms with Crippen molar-refractivity contribution in [2.75, 3.05) is 20.2 Å². The molecule has 0 radical (unpaired) electrons. The van der Waals surface area contributed by atoms with Gasteiger partial charge < -0.3 is 14.2 Å². The van der Waals surface area contributed by atoms with Crippen LogP contribution in [0.1, 0.15) is 35.8 Å². The lowest BCUT2D eigenvalue weighted by molar-refractivity contribution is -0.137. The maximum atomic E-state index is 13.3. The largest absolute Gasteiger partial charge is 0.416 e. The zero-order chi connectivity index (χ0) is 23.6. The number of benzene rings is 2. The normalized spacial score (nSPS) is 15.6. The Morgan fingerprint density at radius 1 is 1.18 bits per heavy atom. The van der Waals surface area contributed by atoms with Crippen molar-refractivity contribution in [2.24, 2.45) is 0 Å². The summed E-state index contributed by atoms with van der Waals surface area (Å²) in [4.78, 5) is 18.7. The van der Waals surface area contributed by atoms with Crippen molar-refractivity contribution in [1.82, 2.24) is 14.5 Å². The molecular formula is C24H23F4N3O2. The summed E-state index contributed by atoms with van der Waals surface area (Å²) in [5, 5.41) is 0. The van der Waals surface area contributed by atoms with Gasteiger partial charge in [-0.15, -0.1) is 0 Å². The molecule has 3 aromatic rings. The molecule has 0 N–H and O–H groups in total. The van der Waals surface area contributed by atoms with E-state index in [-0.39, 0.29) is 29.9 Å². The van der Waals surface area contributed by atoms with Crippen LogP contribution in [-0.4, -0.2) is 40.6 Å². The van der Waals surface area contributed by atoms with Crippen LogP contribution in [0.25, 0.3) is 17.1 Å². The number of fused-ring (bicyclic) bond motifs is 1. The van der Waals surface area contributed by atoms with Crippen molar-refractivity contribution in [3.8, 4) is 0 Å². The Balaban J connectivity index is 1.50. The van der Waals surface area contributed by atoms with Gasteiger partial charge in [0.15, 0.2) is 0 Å². The van der Waals surface area contributed by atoms with Gasteiger partial charge in [-0.25, -0.2) is 9.37 Å². The number of aromatic nitrogens is 2. The number of alkyl halides is 3. The summed E-state index contributed by atoms with van der Waals surface area (Å²) in [5.74, 6) is 0.0231. The molecule has 9 heteroatoms. The third-order valence-corrected chi connectivity index (χ3v) is 5.77. The molecule has 1 fully saturated rings. The SMILES string of the molecule is COCc1nc2cc(C(F)(F)F)ccc2n1C1CCN(C(=O)C=Cc2cccc(F)c2)CC1. The van der Waals surface area contributed by atoms with E-state index in [1.807, 2.05) is 4.57 Å². The lowest BCUT2D eigenvalue weighted by atomic mass is 10.0. The number of hydrogen-bond acceptors (Lipinski definition) is 3. The average molecular weight is 461 g/mol. The molecule has 1 aliphatic heterocycles. The molecule has 0 spiro atoms. The highest BCUT2D eigenvalue weighted by molar-refractivity contribution is 5.91. The van der Waals surface area contributed by atoms with Gasteiger partial charge in [-0.3, -0.25) is 4.79 Å². The van der Waals surface area contributed by atoms with Crippen molar-refractivity contribution >= 4 is 23.0 Å². The predicted octanol–water partition coefficient (Wildman–Crippen LogP) is 5.22. The second kappa shape index (κ2) is 9.35. The van der Waals surface area contributed by atoms with E-state index in [1.54, 1.807) is 23.1 Å². The minimum atomic E-state index is -4.44. The van der Waals surface area contributed by atoms with Crippen LogP contribution in [-0.2, 0) is 22.3 Å². The Labute approximate surface area is 188 Å². The van der Waals surface area contributed by atoms with Crippen LogP contribution in [0.2, 0.25) is 0 Å². The minimum absolute atomic E-state index is 0.0202. The van der Waals surface area contributed by atoms with Gasteiger partial charge in [-0.2, -0.15) is 13.2 Å². The predicted molar refractivity (Wildman–Crippen MR) is 116 cm³/mol. The summed E-state index contributed by atoms with van der Waals surface area (Å²) in [6.45, 7) is 1.15. The number of halogens is 4. The lowest BCUT2D eigenvalue weighted by Gasteiger charge is -2.33. The van der Waals surface area contributed by atoms with E-state index in [2.05, 4.69) is 4.98 Å². The van der Waals surface area contributed by atoms with Crippen molar-refractivity contribution in [3.63, 3.8) is 0 Å². The molecule has 5 nitrogen and oxygen atoms in total. The number of carbonyl (C=O) groups is 1. The van der Waals surface area contributed by atoms with E-state index in [9.17, 15) is 22.4 Å². The van der Waals surface area contributed by atoms with Crippen LogP contribution in [0.4, 0.5) is 17.6 Å². The fourth-order valence-corrected chi connectivity index (χ4v) is 4.19. The second-order valence-corrected chi connectivity index (χ2v) is 7.98. The number of hydrogen-bond donors (Lipinski definition) is 0. The zero-order valence-corrected chi connectivity index (χ0v) is 18.0. The molecule has 1 amide bonds. The first-order valence-electron chi connectivity index (χ1n) is 10.6. The number of likely N-dealkylation sites (tertiary alicyclic amines) is 1. The fraction of sp³-hybridized carbons (Fsp3) is 0.333. The summed E-state index contributed by atoms with van der Waals surface area (Å²) in [5.41, 5.74) is 0.749. The highest BCUT2D eigenvalue weighted by Crippen LogP contribution is 2.34. The molecule has 174 valence electrons. The smallest absolute Gasteiger partial charge is 0.377 e. The molecule has 33 heavy (non-hydrogen) atoms. The molecular weight excluding hydrogens is 438 g/mol. The third kappa shape index (κ3) is 5.08. The first kappa shape index (κ1) is 23.0. The van der Waals surface area contributed by atoms with Crippen molar-refractivity contribution < 1.29 is 27.1 Å². The highest BCUT2D eigenvalue weighted by Gasteiger charge is 2.32. The summed E-state index contributed by atoms with van der Waals surface area (Å²) in [7, 11) is 1.51. The first-order valence-corrected chi connectivity index (χ1v) is 10.6. The number of ether oxygens (including phenoxy) is 1. The molecule has 4 rings (SSSR count). The van der Waals surface area contributed by atoms with Gasteiger partial charge in [0.25, 0.3) is 0 Å². The quantitative estimate of drug-likeness (QED) is 0.387. The summed E-state index contributed by atoms with van der Waals surface area (Å²) in [6, 6.07) is 9.53. The number of imidazole rings is 1. The molecule has 1 aromatic heterocycles. The molecule has 2 aromatic carbocycles. The summed E-state index contributed by atoms with van der Waals surface area (Å²) in [6.07, 6.45) is -0.178. The minimum Gasteiger partial charge on any atom is -0.377 e. The lowest BCUT2D eigenvalue weighted by Crippen LogP contribution is -2.38. The molecule has 1 saturated heterocycles. The molecule has 0 atom stereocenters. The van der Waals surface area contributed by atoms with Crippen molar-refractivity contribution in [3.05, 3.63) is 71.3 Å². The van der Waals surface area contributed by atoms with E-state index in [4.69, 9.17) is 4.74 Å². The van der Waals surface area contributed by atoms with Crippen LogP contribution in [0.15, 0.2) is 48.5 Å². The van der Waals surface area contributed by atoms with Gasteiger partial charge in [0, 0.05) is 32.3 Å². The second-order valence-electron chi connectivity index (χ2n) is 7.98. The van der Waals surface area contributed by atoms with E-state index in [0.29, 0.717) is 42.8 Å². The van der Waals surface area contributed by atoms with E-state index in [0.717, 1.165) is 12.1 Å².